The van der Waals surface area contributed by atoms with Crippen molar-refractivity contribution in [2.75, 3.05) is 25.4 Å². The number of aliphatic hydroxyl groups excluding tert-OH is 1. The first-order chi connectivity index (χ1) is 7.31. The molecule has 0 saturated carbocycles. The van der Waals surface area contributed by atoms with E-state index in [0.29, 0.717) is 18.6 Å². The Morgan fingerprint density at radius 3 is 2.80 bits per heavy atom. The molecule has 1 fully saturated rings. The van der Waals surface area contributed by atoms with Crippen molar-refractivity contribution in [2.45, 2.75) is 45.1 Å². The van der Waals surface area contributed by atoms with Gasteiger partial charge in [-0.3, -0.25) is 4.90 Å². The fraction of sp³-hybridized carbons (Fsp3) is 1.00. The van der Waals surface area contributed by atoms with Gasteiger partial charge in [-0.2, -0.15) is 12.6 Å². The molecule has 0 aromatic rings. The summed E-state index contributed by atoms with van der Waals surface area (Å²) < 4.78 is 0. The quantitative estimate of drug-likeness (QED) is 0.709. The van der Waals surface area contributed by atoms with E-state index in [4.69, 9.17) is 0 Å². The smallest absolute Gasteiger partial charge is 0.0586 e. The molecule has 2 nitrogen and oxygen atoms in total. The molecular formula is C12H25NOS. The lowest BCUT2D eigenvalue weighted by atomic mass is 10.1. The van der Waals surface area contributed by atoms with Crippen LogP contribution in [0.3, 0.4) is 0 Å². The van der Waals surface area contributed by atoms with Gasteiger partial charge in [0.2, 0.25) is 0 Å². The van der Waals surface area contributed by atoms with Crippen LogP contribution < -0.4 is 0 Å². The van der Waals surface area contributed by atoms with Gasteiger partial charge in [-0.05, 0) is 31.1 Å². The van der Waals surface area contributed by atoms with Crippen molar-refractivity contribution in [3.05, 3.63) is 0 Å². The minimum Gasteiger partial charge on any atom is -0.395 e. The minimum atomic E-state index is 0.322. The topological polar surface area (TPSA) is 23.5 Å². The van der Waals surface area contributed by atoms with E-state index in [1.807, 2.05) is 0 Å². The summed E-state index contributed by atoms with van der Waals surface area (Å²) in [7, 11) is 0. The summed E-state index contributed by atoms with van der Waals surface area (Å²) >= 11 is 4.39. The first-order valence-electron chi connectivity index (χ1n) is 6.27. The SMILES string of the molecule is CCC(CS)CN1CCCCCC1CO. The van der Waals surface area contributed by atoms with Crippen molar-refractivity contribution in [1.82, 2.24) is 4.90 Å². The lowest BCUT2D eigenvalue weighted by Crippen LogP contribution is -2.40. The van der Waals surface area contributed by atoms with Gasteiger partial charge in [0, 0.05) is 12.6 Å². The Bertz CT molecular complexity index is 162. The molecule has 1 heterocycles. The molecule has 2 unspecified atom stereocenters. The van der Waals surface area contributed by atoms with Crippen LogP contribution in [-0.4, -0.2) is 41.5 Å². The molecular weight excluding hydrogens is 206 g/mol. The Balaban J connectivity index is 2.46. The van der Waals surface area contributed by atoms with Crippen molar-refractivity contribution in [1.29, 1.82) is 0 Å². The van der Waals surface area contributed by atoms with Crippen LogP contribution in [0.2, 0.25) is 0 Å². The molecule has 0 aliphatic carbocycles. The molecule has 0 spiro atoms. The highest BCUT2D eigenvalue weighted by Gasteiger charge is 2.21. The number of nitrogens with zero attached hydrogens (tertiary/aromatic N) is 1. The highest BCUT2D eigenvalue weighted by atomic mass is 32.1. The Labute approximate surface area is 99.5 Å². The van der Waals surface area contributed by atoms with Crippen LogP contribution in [0, 0.1) is 5.92 Å². The second kappa shape index (κ2) is 7.53. The number of aliphatic hydroxyl groups is 1. The van der Waals surface area contributed by atoms with Gasteiger partial charge in [-0.15, -0.1) is 0 Å². The second-order valence-corrected chi connectivity index (χ2v) is 5.00. The molecule has 1 saturated heterocycles. The average Bonchev–Trinajstić information content (AvgIpc) is 2.50. The maximum Gasteiger partial charge on any atom is 0.0586 e. The van der Waals surface area contributed by atoms with E-state index >= 15 is 0 Å². The van der Waals surface area contributed by atoms with Gasteiger partial charge in [-0.1, -0.05) is 26.2 Å². The van der Waals surface area contributed by atoms with Crippen LogP contribution in [0.5, 0.6) is 0 Å². The summed E-state index contributed by atoms with van der Waals surface area (Å²) in [5, 5.41) is 9.38. The summed E-state index contributed by atoms with van der Waals surface area (Å²) in [6.45, 7) is 4.83. The van der Waals surface area contributed by atoms with Crippen LogP contribution in [-0.2, 0) is 0 Å². The first kappa shape index (κ1) is 13.3. The standard InChI is InChI=1S/C12H25NOS/c1-2-11(10-15)8-13-7-5-3-4-6-12(13)9-14/h11-12,14-15H,2-10H2,1H3. The lowest BCUT2D eigenvalue weighted by molar-refractivity contribution is 0.111. The summed E-state index contributed by atoms with van der Waals surface area (Å²) in [6, 6.07) is 0.404. The van der Waals surface area contributed by atoms with Crippen LogP contribution >= 0.6 is 12.6 Å². The van der Waals surface area contributed by atoms with Crippen molar-refractivity contribution in [3.63, 3.8) is 0 Å². The zero-order chi connectivity index (χ0) is 11.1. The van der Waals surface area contributed by atoms with Crippen LogP contribution in [0.1, 0.15) is 39.0 Å². The normalized spacial score (nSPS) is 26.2. The largest absolute Gasteiger partial charge is 0.395 e. The van der Waals surface area contributed by atoms with Gasteiger partial charge in [0.05, 0.1) is 6.61 Å². The van der Waals surface area contributed by atoms with Gasteiger partial charge in [0.1, 0.15) is 0 Å². The molecule has 2 atom stereocenters. The number of hydrogen-bond acceptors (Lipinski definition) is 3. The van der Waals surface area contributed by atoms with E-state index < -0.39 is 0 Å². The lowest BCUT2D eigenvalue weighted by Gasteiger charge is -2.31. The molecule has 1 aliphatic heterocycles. The Hall–Kier alpha value is 0.270. The van der Waals surface area contributed by atoms with Crippen LogP contribution in [0.15, 0.2) is 0 Å². The molecule has 1 aliphatic rings. The minimum absolute atomic E-state index is 0.322. The van der Waals surface area contributed by atoms with Gasteiger partial charge >= 0.3 is 0 Å². The zero-order valence-electron chi connectivity index (χ0n) is 9.86. The predicted octanol–water partition coefficient (Wildman–Crippen LogP) is 2.18. The van der Waals surface area contributed by atoms with Gasteiger partial charge in [-0.25, -0.2) is 0 Å². The number of rotatable bonds is 5. The Kier molecular flexibility index (Phi) is 6.69. The molecule has 0 bridgehead atoms. The van der Waals surface area contributed by atoms with Crippen molar-refractivity contribution in [3.8, 4) is 0 Å². The third kappa shape index (κ3) is 4.33. The molecule has 1 N–H and O–H groups in total. The second-order valence-electron chi connectivity index (χ2n) is 4.64. The van der Waals surface area contributed by atoms with Crippen molar-refractivity contribution in [2.24, 2.45) is 5.92 Å². The highest BCUT2D eigenvalue weighted by molar-refractivity contribution is 7.80. The third-order valence-corrected chi connectivity index (χ3v) is 4.05. The first-order valence-corrected chi connectivity index (χ1v) is 6.90. The zero-order valence-corrected chi connectivity index (χ0v) is 10.8. The van der Waals surface area contributed by atoms with Gasteiger partial charge in [0.25, 0.3) is 0 Å². The highest BCUT2D eigenvalue weighted by Crippen LogP contribution is 2.19. The maximum atomic E-state index is 9.38. The molecule has 3 heteroatoms. The molecule has 0 radical (unpaired) electrons. The molecule has 15 heavy (non-hydrogen) atoms. The van der Waals surface area contributed by atoms with Crippen molar-refractivity contribution < 1.29 is 5.11 Å². The van der Waals surface area contributed by atoms with E-state index in [1.165, 1.54) is 32.1 Å². The van der Waals surface area contributed by atoms with Gasteiger partial charge < -0.3 is 5.11 Å². The number of thiol groups is 1. The molecule has 0 aromatic heterocycles. The van der Waals surface area contributed by atoms with E-state index in [0.717, 1.165) is 18.8 Å². The van der Waals surface area contributed by atoms with Crippen LogP contribution in [0.4, 0.5) is 0 Å². The monoisotopic (exact) mass is 231 g/mol. The van der Waals surface area contributed by atoms with E-state index in [2.05, 4.69) is 24.5 Å². The molecule has 0 aromatic carbocycles. The van der Waals surface area contributed by atoms with E-state index in [1.54, 1.807) is 0 Å². The molecule has 90 valence electrons. The Morgan fingerprint density at radius 2 is 2.20 bits per heavy atom. The molecule has 1 rings (SSSR count). The number of likely N-dealkylation sites (tertiary alicyclic amines) is 1. The van der Waals surface area contributed by atoms with E-state index in [9.17, 15) is 5.11 Å². The number of hydrogen-bond donors (Lipinski definition) is 2. The van der Waals surface area contributed by atoms with Crippen LogP contribution in [0.25, 0.3) is 0 Å². The average molecular weight is 231 g/mol. The maximum absolute atomic E-state index is 9.38. The van der Waals surface area contributed by atoms with E-state index in [-0.39, 0.29) is 0 Å². The summed E-state index contributed by atoms with van der Waals surface area (Å²) in [5.41, 5.74) is 0. The van der Waals surface area contributed by atoms with Gasteiger partial charge in [0.15, 0.2) is 0 Å². The molecule has 0 amide bonds. The summed E-state index contributed by atoms with van der Waals surface area (Å²) in [6.07, 6.45) is 6.25. The van der Waals surface area contributed by atoms with Crippen molar-refractivity contribution >= 4 is 12.6 Å². The summed E-state index contributed by atoms with van der Waals surface area (Å²) in [5.74, 6) is 1.64. The predicted molar refractivity (Wildman–Crippen MR) is 68.5 cm³/mol. The summed E-state index contributed by atoms with van der Waals surface area (Å²) in [4.78, 5) is 2.48. The third-order valence-electron chi connectivity index (χ3n) is 3.54. The Morgan fingerprint density at radius 1 is 1.40 bits per heavy atom. The fourth-order valence-electron chi connectivity index (χ4n) is 2.33. The fourth-order valence-corrected chi connectivity index (χ4v) is 2.71.